The molecule has 2 heterocycles. The lowest BCUT2D eigenvalue weighted by molar-refractivity contribution is 0.102. The number of aromatic nitrogens is 4. The van der Waals surface area contributed by atoms with E-state index in [0.717, 1.165) is 12.2 Å². The second-order valence-electron chi connectivity index (χ2n) is 5.70. The van der Waals surface area contributed by atoms with Gasteiger partial charge < -0.3 is 10.4 Å². The molecule has 1 aliphatic carbocycles. The summed E-state index contributed by atoms with van der Waals surface area (Å²) in [4.78, 5) is 16.0. The summed E-state index contributed by atoms with van der Waals surface area (Å²) in [5.41, 5.74) is 1.34. The van der Waals surface area contributed by atoms with Gasteiger partial charge in [0.25, 0.3) is 5.91 Å². The van der Waals surface area contributed by atoms with Gasteiger partial charge >= 0.3 is 0 Å². The molecule has 0 radical (unpaired) electrons. The molecule has 116 valence electrons. The van der Waals surface area contributed by atoms with E-state index in [1.165, 1.54) is 44.1 Å². The highest BCUT2D eigenvalue weighted by atomic mass is 16.3. The van der Waals surface area contributed by atoms with E-state index in [2.05, 4.69) is 20.6 Å². The maximum Gasteiger partial charge on any atom is 0.278 e. The third-order valence-corrected chi connectivity index (χ3v) is 4.15. The molecule has 0 spiro atoms. The Morgan fingerprint density at radius 3 is 2.95 bits per heavy atom. The summed E-state index contributed by atoms with van der Waals surface area (Å²) in [6.45, 7) is 2.66. The summed E-state index contributed by atoms with van der Waals surface area (Å²) >= 11 is 0. The topological polar surface area (TPSA) is 92.9 Å². The molecule has 1 saturated carbocycles. The van der Waals surface area contributed by atoms with Gasteiger partial charge in [0.15, 0.2) is 11.4 Å². The van der Waals surface area contributed by atoms with Crippen molar-refractivity contribution in [3.63, 3.8) is 0 Å². The van der Waals surface area contributed by atoms with Gasteiger partial charge in [-0.15, -0.1) is 5.10 Å². The summed E-state index contributed by atoms with van der Waals surface area (Å²) in [5, 5.41) is 20.4. The van der Waals surface area contributed by atoms with E-state index in [4.69, 9.17) is 0 Å². The van der Waals surface area contributed by atoms with Crippen molar-refractivity contribution < 1.29 is 9.90 Å². The van der Waals surface area contributed by atoms with Crippen molar-refractivity contribution in [2.75, 3.05) is 5.32 Å². The zero-order chi connectivity index (χ0) is 15.5. The highest BCUT2D eigenvalue weighted by molar-refractivity contribution is 6.04. The minimum Gasteiger partial charge on any atom is -0.504 e. The zero-order valence-corrected chi connectivity index (χ0v) is 12.5. The van der Waals surface area contributed by atoms with Crippen molar-refractivity contribution in [2.24, 2.45) is 5.92 Å². The summed E-state index contributed by atoms with van der Waals surface area (Å²) in [6.07, 6.45) is 7.75. The van der Waals surface area contributed by atoms with Crippen LogP contribution in [0.15, 0.2) is 18.5 Å². The molecule has 1 aliphatic rings. The summed E-state index contributed by atoms with van der Waals surface area (Å²) in [6, 6.07) is 1.53. The van der Waals surface area contributed by atoms with Crippen LogP contribution >= 0.6 is 0 Å². The van der Waals surface area contributed by atoms with Crippen LogP contribution in [0.25, 0.3) is 0 Å². The molecule has 0 aliphatic heterocycles. The standard InChI is InChI=1S/C15H19N5O2/c1-10-14(15(22)17-12-6-7-16-8-13(12)21)18-19-20(10)9-11-4-2-3-5-11/h6-8,11,21H,2-5,9H2,1H3,(H,16,17,22). The molecule has 7 nitrogen and oxygen atoms in total. The normalized spacial score (nSPS) is 15.1. The Balaban J connectivity index is 1.73. The fraction of sp³-hybridized carbons (Fsp3) is 0.467. The smallest absolute Gasteiger partial charge is 0.278 e. The number of carbonyl (C=O) groups is 1. The number of hydrogen-bond acceptors (Lipinski definition) is 5. The maximum atomic E-state index is 12.3. The van der Waals surface area contributed by atoms with Crippen molar-refractivity contribution in [3.8, 4) is 5.75 Å². The Kier molecular flexibility index (Phi) is 4.04. The molecular formula is C15H19N5O2. The van der Waals surface area contributed by atoms with E-state index < -0.39 is 0 Å². The van der Waals surface area contributed by atoms with Gasteiger partial charge in [-0.1, -0.05) is 18.1 Å². The van der Waals surface area contributed by atoms with E-state index in [0.29, 0.717) is 11.6 Å². The predicted molar refractivity (Wildman–Crippen MR) is 80.6 cm³/mol. The van der Waals surface area contributed by atoms with Crippen LogP contribution in [0.3, 0.4) is 0 Å². The first-order valence-corrected chi connectivity index (χ1v) is 7.49. The van der Waals surface area contributed by atoms with Gasteiger partial charge in [-0.2, -0.15) is 0 Å². The number of nitrogens with zero attached hydrogens (tertiary/aromatic N) is 4. The third-order valence-electron chi connectivity index (χ3n) is 4.15. The fourth-order valence-electron chi connectivity index (χ4n) is 2.85. The molecule has 0 unspecified atom stereocenters. The first-order chi connectivity index (χ1) is 10.6. The number of rotatable bonds is 4. The van der Waals surface area contributed by atoms with Crippen LogP contribution in [0, 0.1) is 12.8 Å². The molecule has 2 aromatic rings. The van der Waals surface area contributed by atoms with E-state index in [-0.39, 0.29) is 17.4 Å². The van der Waals surface area contributed by atoms with E-state index in [9.17, 15) is 9.90 Å². The highest BCUT2D eigenvalue weighted by Gasteiger charge is 2.21. The minimum absolute atomic E-state index is 0.0770. The Bertz CT molecular complexity index is 676. The molecule has 22 heavy (non-hydrogen) atoms. The summed E-state index contributed by atoms with van der Waals surface area (Å²) in [7, 11) is 0. The number of nitrogens with one attached hydrogen (secondary N) is 1. The number of carbonyl (C=O) groups excluding carboxylic acids is 1. The van der Waals surface area contributed by atoms with Crippen LogP contribution in [0.5, 0.6) is 5.75 Å². The molecule has 2 aromatic heterocycles. The lowest BCUT2D eigenvalue weighted by Gasteiger charge is -2.10. The Labute approximate surface area is 128 Å². The third kappa shape index (κ3) is 2.93. The van der Waals surface area contributed by atoms with Gasteiger partial charge in [0.2, 0.25) is 0 Å². The van der Waals surface area contributed by atoms with Crippen LogP contribution in [0.2, 0.25) is 0 Å². The molecule has 0 atom stereocenters. The second kappa shape index (κ2) is 6.13. The van der Waals surface area contributed by atoms with Crippen LogP contribution in [0.1, 0.15) is 41.9 Å². The van der Waals surface area contributed by atoms with Crippen LogP contribution in [0.4, 0.5) is 5.69 Å². The van der Waals surface area contributed by atoms with Crippen molar-refractivity contribution in [1.82, 2.24) is 20.0 Å². The van der Waals surface area contributed by atoms with Crippen molar-refractivity contribution in [1.29, 1.82) is 0 Å². The molecule has 1 amide bonds. The number of anilines is 1. The van der Waals surface area contributed by atoms with Crippen molar-refractivity contribution in [2.45, 2.75) is 39.2 Å². The van der Waals surface area contributed by atoms with Crippen molar-refractivity contribution >= 4 is 11.6 Å². The Morgan fingerprint density at radius 2 is 2.23 bits per heavy atom. The summed E-state index contributed by atoms with van der Waals surface area (Å²) in [5.74, 6) is 0.170. The van der Waals surface area contributed by atoms with Gasteiger partial charge in [0.05, 0.1) is 17.6 Å². The molecule has 7 heteroatoms. The molecule has 1 fully saturated rings. The van der Waals surface area contributed by atoms with Gasteiger partial charge in [0.1, 0.15) is 0 Å². The predicted octanol–water partition coefficient (Wildman–Crippen LogP) is 2.13. The van der Waals surface area contributed by atoms with Crippen LogP contribution < -0.4 is 5.32 Å². The molecule has 0 bridgehead atoms. The minimum atomic E-state index is -0.378. The van der Waals surface area contributed by atoms with E-state index >= 15 is 0 Å². The highest BCUT2D eigenvalue weighted by Crippen LogP contribution is 2.26. The largest absolute Gasteiger partial charge is 0.504 e. The fourth-order valence-corrected chi connectivity index (χ4v) is 2.85. The molecule has 0 saturated heterocycles. The van der Waals surface area contributed by atoms with E-state index in [1.807, 2.05) is 6.92 Å². The molecular weight excluding hydrogens is 282 g/mol. The van der Waals surface area contributed by atoms with Crippen LogP contribution in [-0.2, 0) is 6.54 Å². The van der Waals surface area contributed by atoms with Crippen molar-refractivity contribution in [3.05, 3.63) is 29.8 Å². The molecule has 2 N–H and O–H groups in total. The lowest BCUT2D eigenvalue weighted by atomic mass is 10.1. The Morgan fingerprint density at radius 1 is 1.45 bits per heavy atom. The first-order valence-electron chi connectivity index (χ1n) is 7.49. The number of aromatic hydroxyl groups is 1. The lowest BCUT2D eigenvalue weighted by Crippen LogP contribution is -2.15. The van der Waals surface area contributed by atoms with Gasteiger partial charge in [-0.05, 0) is 31.7 Å². The Hall–Kier alpha value is -2.44. The SMILES string of the molecule is Cc1c(C(=O)Nc2ccncc2O)nnn1CC1CCCC1. The number of amides is 1. The molecule has 3 rings (SSSR count). The second-order valence-corrected chi connectivity index (χ2v) is 5.70. The molecule has 0 aromatic carbocycles. The van der Waals surface area contributed by atoms with Crippen LogP contribution in [-0.4, -0.2) is 31.0 Å². The average molecular weight is 301 g/mol. The quantitative estimate of drug-likeness (QED) is 0.902. The van der Waals surface area contributed by atoms with Gasteiger partial charge in [-0.3, -0.25) is 9.78 Å². The monoisotopic (exact) mass is 301 g/mol. The first kappa shape index (κ1) is 14.5. The zero-order valence-electron chi connectivity index (χ0n) is 12.5. The summed E-state index contributed by atoms with van der Waals surface area (Å²) < 4.78 is 1.80. The van der Waals surface area contributed by atoms with E-state index in [1.54, 1.807) is 4.68 Å². The van der Waals surface area contributed by atoms with Gasteiger partial charge in [-0.25, -0.2) is 4.68 Å². The number of hydrogen-bond donors (Lipinski definition) is 2. The van der Waals surface area contributed by atoms with Gasteiger partial charge in [0, 0.05) is 12.7 Å². The number of pyridine rings is 1. The maximum absolute atomic E-state index is 12.3. The average Bonchev–Trinajstić information content (AvgIpc) is 3.13.